The SMILES string of the molecule is CC(=O)P(=O)(O)c1[c]c(P(=O)(O)C(C)=O)cc(P(=O)(O)C(C)=O)c1.[NaH]. The van der Waals surface area contributed by atoms with E-state index in [0.717, 1.165) is 20.8 Å². The Kier molecular flexibility index (Phi) is 8.15. The molecule has 3 atom stereocenters. The molecule has 3 N–H and O–H groups in total. The van der Waals surface area contributed by atoms with E-state index in [0.29, 0.717) is 12.1 Å². The number of hydrogen-bond donors (Lipinski definition) is 3. The maximum absolute atomic E-state index is 12.1. The molecule has 0 aliphatic heterocycles. The van der Waals surface area contributed by atoms with Crippen molar-refractivity contribution < 1.29 is 42.8 Å². The van der Waals surface area contributed by atoms with Crippen LogP contribution in [0.3, 0.4) is 0 Å². The molecular weight excluding hydrogens is 404 g/mol. The van der Waals surface area contributed by atoms with Gasteiger partial charge in [0.25, 0.3) is 22.1 Å². The molecule has 0 saturated heterocycles. The summed E-state index contributed by atoms with van der Waals surface area (Å²) >= 11 is 0. The fourth-order valence-electron chi connectivity index (χ4n) is 1.55. The minimum absolute atomic E-state index is 0. The summed E-state index contributed by atoms with van der Waals surface area (Å²) in [7, 11) is -14.2. The summed E-state index contributed by atoms with van der Waals surface area (Å²) in [6.45, 7) is 2.33. The Labute approximate surface area is 165 Å². The number of carbonyl (C=O) groups excluding carboxylic acids is 3. The van der Waals surface area contributed by atoms with Crippen LogP contribution in [0.5, 0.6) is 0 Å². The van der Waals surface area contributed by atoms with Crippen LogP contribution in [-0.2, 0) is 28.1 Å². The zero-order valence-corrected chi connectivity index (χ0v) is 15.5. The van der Waals surface area contributed by atoms with Crippen LogP contribution < -0.4 is 15.9 Å². The van der Waals surface area contributed by atoms with Gasteiger partial charge in [0.2, 0.25) is 16.6 Å². The van der Waals surface area contributed by atoms with Gasteiger partial charge in [-0.2, -0.15) is 0 Å². The summed E-state index contributed by atoms with van der Waals surface area (Å²) in [4.78, 5) is 63.4. The fraction of sp³-hybridized carbons (Fsp3) is 0.250. The molecule has 0 heterocycles. The molecule has 1 radical (unpaired) electrons. The van der Waals surface area contributed by atoms with Gasteiger partial charge in [0.05, 0.1) is 10.6 Å². The molecular formula is C12H15NaO9P3. The molecule has 9 nitrogen and oxygen atoms in total. The van der Waals surface area contributed by atoms with Crippen LogP contribution in [0.25, 0.3) is 0 Å². The predicted octanol–water partition coefficient (Wildman–Crippen LogP) is -0.835. The summed E-state index contributed by atoms with van der Waals surface area (Å²) in [6, 6.07) is 3.27. The van der Waals surface area contributed by atoms with E-state index in [1.807, 2.05) is 6.07 Å². The zero-order chi connectivity index (χ0) is 19.1. The van der Waals surface area contributed by atoms with Crippen molar-refractivity contribution in [1.29, 1.82) is 0 Å². The Morgan fingerprint density at radius 1 is 0.760 bits per heavy atom. The van der Waals surface area contributed by atoms with Crippen molar-refractivity contribution in [2.75, 3.05) is 0 Å². The second kappa shape index (κ2) is 8.22. The van der Waals surface area contributed by atoms with Gasteiger partial charge in [0, 0.05) is 32.1 Å². The van der Waals surface area contributed by atoms with Gasteiger partial charge >= 0.3 is 29.6 Å². The van der Waals surface area contributed by atoms with E-state index in [-0.39, 0.29) is 29.6 Å². The van der Waals surface area contributed by atoms with Crippen molar-refractivity contribution in [2.24, 2.45) is 0 Å². The summed E-state index contributed by atoms with van der Waals surface area (Å²) in [5, 5.41) is -2.42. The fourth-order valence-corrected chi connectivity index (χ4v) is 4.66. The van der Waals surface area contributed by atoms with E-state index in [1.54, 1.807) is 0 Å². The number of benzene rings is 1. The first-order valence-corrected chi connectivity index (χ1v) is 11.2. The van der Waals surface area contributed by atoms with Crippen molar-refractivity contribution in [2.45, 2.75) is 20.8 Å². The first kappa shape index (κ1) is 24.8. The van der Waals surface area contributed by atoms with Crippen molar-refractivity contribution in [3.8, 4) is 0 Å². The Bertz CT molecular complexity index is 765. The number of rotatable bonds is 6. The third kappa shape index (κ3) is 4.95. The summed E-state index contributed by atoms with van der Waals surface area (Å²) in [6.07, 6.45) is 0. The van der Waals surface area contributed by atoms with Gasteiger partial charge in [-0.15, -0.1) is 0 Å². The van der Waals surface area contributed by atoms with E-state index >= 15 is 0 Å². The second-order valence-corrected chi connectivity index (χ2v) is 11.7. The number of hydrogen-bond acceptors (Lipinski definition) is 6. The van der Waals surface area contributed by atoms with Crippen molar-refractivity contribution in [3.63, 3.8) is 0 Å². The molecule has 13 heteroatoms. The quantitative estimate of drug-likeness (QED) is 0.394. The topological polar surface area (TPSA) is 163 Å². The van der Waals surface area contributed by atoms with Crippen molar-refractivity contribution in [3.05, 3.63) is 18.2 Å². The van der Waals surface area contributed by atoms with Crippen molar-refractivity contribution >= 4 is 84.2 Å². The number of carbonyl (C=O) groups is 3. The van der Waals surface area contributed by atoms with Crippen LogP contribution in [0.4, 0.5) is 0 Å². The normalized spacial score (nSPS) is 18.0. The maximum atomic E-state index is 12.1. The zero-order valence-electron chi connectivity index (χ0n) is 12.8. The van der Waals surface area contributed by atoms with Gasteiger partial charge in [0.1, 0.15) is 0 Å². The van der Waals surface area contributed by atoms with Crippen LogP contribution in [0.2, 0.25) is 0 Å². The molecule has 1 rings (SSSR count). The molecule has 0 aromatic heterocycles. The molecule has 0 saturated carbocycles. The summed E-state index contributed by atoms with van der Waals surface area (Å²) in [5.74, 6) is 0. The van der Waals surface area contributed by atoms with Crippen LogP contribution in [0.1, 0.15) is 20.8 Å². The third-order valence-corrected chi connectivity index (χ3v) is 8.42. The molecule has 3 unspecified atom stereocenters. The van der Waals surface area contributed by atoms with Gasteiger partial charge in [-0.05, 0) is 12.1 Å². The second-order valence-electron chi connectivity index (χ2n) is 4.89. The molecule has 25 heavy (non-hydrogen) atoms. The Morgan fingerprint density at radius 3 is 1.28 bits per heavy atom. The average molecular weight is 419 g/mol. The Balaban J connectivity index is 0.00000576. The van der Waals surface area contributed by atoms with E-state index < -0.39 is 54.6 Å². The van der Waals surface area contributed by atoms with Crippen LogP contribution >= 0.6 is 22.1 Å². The predicted molar refractivity (Wildman–Crippen MR) is 92.8 cm³/mol. The molecule has 1 aromatic rings. The monoisotopic (exact) mass is 419 g/mol. The summed E-state index contributed by atoms with van der Waals surface area (Å²) in [5.41, 5.74) is -3.63. The molecule has 0 spiro atoms. The van der Waals surface area contributed by atoms with Crippen LogP contribution in [-0.4, -0.2) is 60.8 Å². The molecule has 0 fully saturated rings. The first-order valence-electron chi connectivity index (χ1n) is 6.26. The van der Waals surface area contributed by atoms with Crippen molar-refractivity contribution in [1.82, 2.24) is 0 Å². The molecule has 1 aromatic carbocycles. The van der Waals surface area contributed by atoms with Gasteiger partial charge in [-0.3, -0.25) is 28.1 Å². The van der Waals surface area contributed by atoms with Gasteiger partial charge in [-0.1, -0.05) is 0 Å². The van der Waals surface area contributed by atoms with Gasteiger partial charge < -0.3 is 14.7 Å². The molecule has 0 bridgehead atoms. The molecule has 0 aliphatic rings. The third-order valence-electron chi connectivity index (χ3n) is 3.11. The van der Waals surface area contributed by atoms with E-state index in [2.05, 4.69) is 0 Å². The van der Waals surface area contributed by atoms with Gasteiger partial charge in [0.15, 0.2) is 0 Å². The Morgan fingerprint density at radius 2 is 1.04 bits per heavy atom. The van der Waals surface area contributed by atoms with E-state index in [4.69, 9.17) is 0 Å². The Hall–Kier alpha value is -0.200. The minimum atomic E-state index is -4.75. The molecule has 133 valence electrons. The van der Waals surface area contributed by atoms with E-state index in [9.17, 15) is 42.8 Å². The standard InChI is InChI=1S/C12H14O9P3.Na.H/c1-7(13)22(16,17)10-4-11(23(18,19)8(2)14)6-12(5-10)24(20,21)9(3)15;;/h4-5H,1-3H3,(H,16,17)(H,18,19)(H,20,21);;. The average Bonchev–Trinajstić information content (AvgIpc) is 2.46. The summed E-state index contributed by atoms with van der Waals surface area (Å²) < 4.78 is 36.2. The van der Waals surface area contributed by atoms with Crippen LogP contribution in [0, 0.1) is 6.07 Å². The molecule has 0 aliphatic carbocycles. The first-order chi connectivity index (χ1) is 10.6. The van der Waals surface area contributed by atoms with E-state index in [1.165, 1.54) is 0 Å². The van der Waals surface area contributed by atoms with Crippen LogP contribution in [0.15, 0.2) is 12.1 Å². The molecule has 0 amide bonds. The van der Waals surface area contributed by atoms with Gasteiger partial charge in [-0.25, -0.2) is 0 Å².